The number of aryl methyl sites for hydroxylation is 2. The quantitative estimate of drug-likeness (QED) is 0.815. The lowest BCUT2D eigenvalue weighted by atomic mass is 9.92. The first-order chi connectivity index (χ1) is 9.61. The van der Waals surface area contributed by atoms with Crippen molar-refractivity contribution in [2.75, 3.05) is 6.44 Å². The third-order valence-electron chi connectivity index (χ3n) is 3.60. The van der Waals surface area contributed by atoms with Crippen LogP contribution in [0.3, 0.4) is 0 Å². The van der Waals surface area contributed by atoms with Gasteiger partial charge in [-0.25, -0.2) is 0 Å². The predicted molar refractivity (Wildman–Crippen MR) is 85.8 cm³/mol. The van der Waals surface area contributed by atoms with Crippen molar-refractivity contribution in [3.05, 3.63) is 70.8 Å². The van der Waals surface area contributed by atoms with Crippen LogP contribution in [0.4, 0.5) is 0 Å². The van der Waals surface area contributed by atoms with Crippen LogP contribution in [0.2, 0.25) is 0 Å². The minimum absolute atomic E-state index is 0.0170. The largest absolute Gasteiger partial charge is 0.322 e. The molecule has 0 unspecified atom stereocenters. The highest BCUT2D eigenvalue weighted by Crippen LogP contribution is 2.27. The molecule has 0 bridgehead atoms. The molecule has 2 aromatic carbocycles. The lowest BCUT2D eigenvalue weighted by Gasteiger charge is -2.26. The summed E-state index contributed by atoms with van der Waals surface area (Å²) in [6.07, 6.45) is 0.401. The van der Waals surface area contributed by atoms with Crippen LogP contribution in [0.25, 0.3) is 0 Å². The molecule has 2 nitrogen and oxygen atoms in total. The number of hydrogen-bond donors (Lipinski definition) is 2. The van der Waals surface area contributed by atoms with Crippen molar-refractivity contribution >= 4 is 7.85 Å². The Morgan fingerprint density at radius 3 is 1.80 bits per heavy atom. The van der Waals surface area contributed by atoms with Crippen LogP contribution >= 0.6 is 0 Å². The van der Waals surface area contributed by atoms with Crippen molar-refractivity contribution in [2.24, 2.45) is 5.73 Å². The number of rotatable bonds is 5. The minimum Gasteiger partial charge on any atom is -0.322 e. The van der Waals surface area contributed by atoms with E-state index >= 15 is 0 Å². The first-order valence-corrected chi connectivity index (χ1v) is 6.94. The molecular weight excluding hydrogens is 243 g/mol. The number of hydrogen-bond acceptors (Lipinski definition) is 2. The number of nitrogens with one attached hydrogen (secondary N) is 1. The topological polar surface area (TPSA) is 38.0 Å². The molecule has 20 heavy (non-hydrogen) atoms. The van der Waals surface area contributed by atoms with Crippen molar-refractivity contribution in [1.29, 1.82) is 0 Å². The summed E-state index contributed by atoms with van der Waals surface area (Å²) in [4.78, 5) is 0. The molecule has 0 saturated carbocycles. The minimum atomic E-state index is -0.123. The van der Waals surface area contributed by atoms with E-state index in [1.54, 1.807) is 0 Å². The molecule has 2 rings (SSSR count). The fraction of sp³-hybridized carbons (Fsp3) is 0.294. The van der Waals surface area contributed by atoms with Gasteiger partial charge in [-0.05, 0) is 31.4 Å². The van der Waals surface area contributed by atoms with E-state index in [0.717, 1.165) is 11.1 Å². The van der Waals surface area contributed by atoms with Gasteiger partial charge in [-0.3, -0.25) is 0 Å². The van der Waals surface area contributed by atoms with Crippen LogP contribution in [0.5, 0.6) is 0 Å². The smallest absolute Gasteiger partial charge is 0.0859 e. The molecule has 0 fully saturated rings. The van der Waals surface area contributed by atoms with Crippen LogP contribution in [0.1, 0.15) is 34.3 Å². The lowest BCUT2D eigenvalue weighted by molar-refractivity contribution is 0.483. The Morgan fingerprint density at radius 1 is 0.900 bits per heavy atom. The molecule has 0 spiro atoms. The van der Waals surface area contributed by atoms with Crippen LogP contribution in [-0.4, -0.2) is 14.3 Å². The van der Waals surface area contributed by atoms with Gasteiger partial charge < -0.3 is 11.1 Å². The van der Waals surface area contributed by atoms with Gasteiger partial charge in [0, 0.05) is 6.04 Å². The summed E-state index contributed by atoms with van der Waals surface area (Å²) >= 11 is 0. The van der Waals surface area contributed by atoms with E-state index in [2.05, 4.69) is 67.7 Å². The van der Waals surface area contributed by atoms with Crippen molar-refractivity contribution in [3.8, 4) is 0 Å². The Hall–Kier alpha value is -1.58. The van der Waals surface area contributed by atoms with Crippen LogP contribution in [-0.2, 0) is 0 Å². The second kappa shape index (κ2) is 6.73. The molecule has 3 heteroatoms. The molecule has 2 atom stereocenters. The molecule has 0 heterocycles. The predicted octanol–water partition coefficient (Wildman–Crippen LogP) is 2.76. The molecule has 3 N–H and O–H groups in total. The summed E-state index contributed by atoms with van der Waals surface area (Å²) in [5.41, 5.74) is 11.2. The summed E-state index contributed by atoms with van der Waals surface area (Å²) in [6.45, 7) is 4.15. The normalized spacial score (nSPS) is 13.9. The molecule has 0 amide bonds. The van der Waals surface area contributed by atoms with E-state index in [1.807, 2.05) is 0 Å². The second-order valence-electron chi connectivity index (χ2n) is 5.23. The van der Waals surface area contributed by atoms with Gasteiger partial charge in [0.2, 0.25) is 0 Å². The van der Waals surface area contributed by atoms with E-state index in [1.165, 1.54) is 11.1 Å². The second-order valence-corrected chi connectivity index (χ2v) is 5.23. The monoisotopic (exact) mass is 264 g/mol. The zero-order valence-electron chi connectivity index (χ0n) is 12.1. The molecule has 0 aliphatic heterocycles. The first-order valence-electron chi connectivity index (χ1n) is 6.94. The van der Waals surface area contributed by atoms with E-state index in [-0.39, 0.29) is 12.1 Å². The molecule has 0 saturated heterocycles. The van der Waals surface area contributed by atoms with Gasteiger partial charge in [-0.1, -0.05) is 59.7 Å². The molecule has 2 radical (unpaired) electrons. The molecule has 2 aromatic rings. The third-order valence-corrected chi connectivity index (χ3v) is 3.60. The summed E-state index contributed by atoms with van der Waals surface area (Å²) < 4.78 is 0. The summed E-state index contributed by atoms with van der Waals surface area (Å²) in [5.74, 6) is 0. The fourth-order valence-corrected chi connectivity index (χ4v) is 2.33. The van der Waals surface area contributed by atoms with Crippen molar-refractivity contribution in [2.45, 2.75) is 25.9 Å². The van der Waals surface area contributed by atoms with E-state index in [0.29, 0.717) is 6.44 Å². The van der Waals surface area contributed by atoms with Gasteiger partial charge in [-0.2, -0.15) is 0 Å². The van der Waals surface area contributed by atoms with Crippen molar-refractivity contribution in [3.63, 3.8) is 0 Å². The summed E-state index contributed by atoms with van der Waals surface area (Å²) in [5, 5.41) is 3.28. The molecule has 0 aromatic heterocycles. The van der Waals surface area contributed by atoms with Gasteiger partial charge in [0.15, 0.2) is 0 Å². The Morgan fingerprint density at radius 2 is 1.35 bits per heavy atom. The van der Waals surface area contributed by atoms with Crippen LogP contribution in [0, 0.1) is 13.8 Å². The number of nitrogens with two attached hydrogens (primary N) is 1. The Kier molecular flexibility index (Phi) is 4.99. The standard InChI is InChI=1S/C17H21BN2/c1-12-3-7-14(8-4-12)16(19)17(20-11-18)15-9-5-13(2)6-10-15/h3-10,16-17,20H,11,19H2,1-2H3/t16-,17-/m0/s1. The number of benzene rings is 2. The highest BCUT2D eigenvalue weighted by atomic mass is 14.9. The van der Waals surface area contributed by atoms with Crippen molar-refractivity contribution < 1.29 is 0 Å². The van der Waals surface area contributed by atoms with Gasteiger partial charge in [0.05, 0.1) is 13.9 Å². The van der Waals surface area contributed by atoms with Crippen molar-refractivity contribution in [1.82, 2.24) is 5.32 Å². The maximum absolute atomic E-state index is 6.43. The average molecular weight is 264 g/mol. The third kappa shape index (κ3) is 3.50. The van der Waals surface area contributed by atoms with Crippen LogP contribution < -0.4 is 11.1 Å². The maximum atomic E-state index is 6.43. The molecular formula is C17H21BN2. The lowest BCUT2D eigenvalue weighted by Crippen LogP contribution is -2.32. The van der Waals surface area contributed by atoms with E-state index in [4.69, 9.17) is 13.6 Å². The average Bonchev–Trinajstić information content (AvgIpc) is 2.46. The molecule has 0 aliphatic carbocycles. The molecule has 0 aliphatic rings. The summed E-state index contributed by atoms with van der Waals surface area (Å²) in [7, 11) is 5.67. The molecule has 102 valence electrons. The van der Waals surface area contributed by atoms with Crippen LogP contribution in [0.15, 0.2) is 48.5 Å². The Labute approximate surface area is 122 Å². The van der Waals surface area contributed by atoms with Gasteiger partial charge >= 0.3 is 0 Å². The Balaban J connectivity index is 2.27. The Bertz CT molecular complexity index is 534. The van der Waals surface area contributed by atoms with Gasteiger partial charge in [0.1, 0.15) is 0 Å². The first kappa shape index (κ1) is 14.8. The fourth-order valence-electron chi connectivity index (χ4n) is 2.33. The maximum Gasteiger partial charge on any atom is 0.0859 e. The zero-order valence-corrected chi connectivity index (χ0v) is 12.1. The summed E-state index contributed by atoms with van der Waals surface area (Å²) in [6, 6.07) is 16.6. The highest BCUT2D eigenvalue weighted by molar-refractivity contribution is 6.08. The zero-order chi connectivity index (χ0) is 14.5. The van der Waals surface area contributed by atoms with E-state index < -0.39 is 0 Å². The van der Waals surface area contributed by atoms with Gasteiger partial charge in [-0.15, -0.1) is 0 Å². The SMILES string of the molecule is [B]CN[C@@H](c1ccc(C)cc1)[C@@H](N)c1ccc(C)cc1. The van der Waals surface area contributed by atoms with E-state index in [9.17, 15) is 0 Å². The van der Waals surface area contributed by atoms with Gasteiger partial charge in [0.25, 0.3) is 0 Å². The highest BCUT2D eigenvalue weighted by Gasteiger charge is 2.20.